The maximum Gasteiger partial charge on any atom is 0.254 e. The monoisotopic (exact) mass is 340 g/mol. The van der Waals surface area contributed by atoms with Gasteiger partial charge >= 0.3 is 0 Å². The van der Waals surface area contributed by atoms with Crippen LogP contribution in [0.2, 0.25) is 0 Å². The first-order valence-corrected chi connectivity index (χ1v) is 8.33. The van der Waals surface area contributed by atoms with Crippen molar-refractivity contribution in [3.63, 3.8) is 0 Å². The van der Waals surface area contributed by atoms with E-state index in [2.05, 4.69) is 5.32 Å². The standard InChI is InChI=1S/C20H24N2O3/c1-25-18(16-12-6-3-7-13-16)20(24)22-17(19(21)23)14-8-11-15-9-4-2-5-10-15/h2-7,9-10,12-13,17-18H,8,11,14H2,1H3,(H2,21,23)(H,22,24)/t17-,18-/m1/s1. The molecular weight excluding hydrogens is 316 g/mol. The van der Waals surface area contributed by atoms with Crippen LogP contribution in [0.4, 0.5) is 0 Å². The molecule has 0 saturated carbocycles. The molecule has 0 aliphatic rings. The Labute approximate surface area is 148 Å². The number of methoxy groups -OCH3 is 1. The lowest BCUT2D eigenvalue weighted by Gasteiger charge is -2.20. The van der Waals surface area contributed by atoms with Gasteiger partial charge in [0.1, 0.15) is 6.04 Å². The summed E-state index contributed by atoms with van der Waals surface area (Å²) in [5, 5.41) is 2.71. The zero-order valence-electron chi connectivity index (χ0n) is 14.4. The first kappa shape index (κ1) is 18.7. The Hall–Kier alpha value is -2.66. The Kier molecular flexibility index (Phi) is 7.16. The maximum atomic E-state index is 12.5. The van der Waals surface area contributed by atoms with Crippen molar-refractivity contribution in [1.29, 1.82) is 0 Å². The Morgan fingerprint density at radius 2 is 1.64 bits per heavy atom. The molecule has 132 valence electrons. The van der Waals surface area contributed by atoms with E-state index in [-0.39, 0.29) is 5.91 Å². The summed E-state index contributed by atoms with van der Waals surface area (Å²) in [6.07, 6.45) is 1.30. The molecule has 2 atom stereocenters. The SMILES string of the molecule is CO[C@@H](C(=O)N[C@H](CCCc1ccccc1)C(N)=O)c1ccccc1. The van der Waals surface area contributed by atoms with Gasteiger partial charge in [0.2, 0.25) is 5.91 Å². The van der Waals surface area contributed by atoms with Crippen molar-refractivity contribution in [1.82, 2.24) is 5.32 Å². The zero-order chi connectivity index (χ0) is 18.1. The van der Waals surface area contributed by atoms with E-state index in [4.69, 9.17) is 10.5 Å². The van der Waals surface area contributed by atoms with Crippen LogP contribution < -0.4 is 11.1 Å². The Morgan fingerprint density at radius 3 is 2.20 bits per heavy atom. The fraction of sp³-hybridized carbons (Fsp3) is 0.300. The molecule has 0 aliphatic carbocycles. The van der Waals surface area contributed by atoms with E-state index in [1.807, 2.05) is 60.7 Å². The van der Waals surface area contributed by atoms with Crippen molar-refractivity contribution >= 4 is 11.8 Å². The molecule has 3 N–H and O–H groups in total. The molecule has 2 aromatic carbocycles. The molecule has 0 heterocycles. The Balaban J connectivity index is 1.93. The van der Waals surface area contributed by atoms with Gasteiger partial charge in [-0.25, -0.2) is 0 Å². The topological polar surface area (TPSA) is 81.4 Å². The zero-order valence-corrected chi connectivity index (χ0v) is 14.4. The highest BCUT2D eigenvalue weighted by Gasteiger charge is 2.25. The highest BCUT2D eigenvalue weighted by atomic mass is 16.5. The van der Waals surface area contributed by atoms with E-state index in [0.717, 1.165) is 18.4 Å². The Bertz CT molecular complexity index is 674. The predicted octanol–water partition coefficient (Wildman–Crippen LogP) is 2.37. The molecule has 0 fully saturated rings. The number of carbonyl (C=O) groups excluding carboxylic acids is 2. The largest absolute Gasteiger partial charge is 0.368 e. The summed E-state index contributed by atoms with van der Waals surface area (Å²) in [5.41, 5.74) is 7.37. The lowest BCUT2D eigenvalue weighted by molar-refractivity contribution is -0.135. The number of nitrogens with two attached hydrogens (primary N) is 1. The second-order valence-corrected chi connectivity index (χ2v) is 5.87. The number of aryl methyl sites for hydroxylation is 1. The quantitative estimate of drug-likeness (QED) is 0.735. The van der Waals surface area contributed by atoms with Crippen LogP contribution in [-0.4, -0.2) is 25.0 Å². The number of ether oxygens (including phenoxy) is 1. The van der Waals surface area contributed by atoms with Gasteiger partial charge in [-0.05, 0) is 30.4 Å². The van der Waals surface area contributed by atoms with Crippen molar-refractivity contribution in [2.24, 2.45) is 5.73 Å². The molecule has 0 aliphatic heterocycles. The van der Waals surface area contributed by atoms with Crippen LogP contribution in [-0.2, 0) is 20.7 Å². The third-order valence-corrected chi connectivity index (χ3v) is 4.04. The fourth-order valence-electron chi connectivity index (χ4n) is 2.71. The summed E-state index contributed by atoms with van der Waals surface area (Å²) in [6, 6.07) is 18.4. The Morgan fingerprint density at radius 1 is 1.04 bits per heavy atom. The van der Waals surface area contributed by atoms with Crippen LogP contribution in [0.25, 0.3) is 0 Å². The first-order valence-electron chi connectivity index (χ1n) is 8.33. The molecule has 2 aromatic rings. The summed E-state index contributed by atoms with van der Waals surface area (Å²) >= 11 is 0. The van der Waals surface area contributed by atoms with Crippen LogP contribution in [0.3, 0.4) is 0 Å². The normalized spacial score (nSPS) is 13.0. The average molecular weight is 340 g/mol. The maximum absolute atomic E-state index is 12.5. The highest BCUT2D eigenvalue weighted by molar-refractivity contribution is 5.89. The summed E-state index contributed by atoms with van der Waals surface area (Å²) in [5.74, 6) is -0.901. The third-order valence-electron chi connectivity index (χ3n) is 4.04. The van der Waals surface area contributed by atoms with Crippen molar-refractivity contribution in [3.8, 4) is 0 Å². The van der Waals surface area contributed by atoms with Gasteiger partial charge in [0.15, 0.2) is 6.10 Å². The van der Waals surface area contributed by atoms with E-state index in [1.165, 1.54) is 12.7 Å². The molecule has 2 rings (SSSR count). The van der Waals surface area contributed by atoms with E-state index in [1.54, 1.807) is 0 Å². The van der Waals surface area contributed by atoms with Gasteiger partial charge in [-0.3, -0.25) is 9.59 Å². The molecule has 5 heteroatoms. The second kappa shape index (κ2) is 9.59. The minimum atomic E-state index is -0.767. The van der Waals surface area contributed by atoms with Crippen LogP contribution >= 0.6 is 0 Å². The van der Waals surface area contributed by atoms with Gasteiger partial charge in [-0.1, -0.05) is 60.7 Å². The van der Waals surface area contributed by atoms with Crippen LogP contribution in [0.15, 0.2) is 60.7 Å². The summed E-state index contributed by atoms with van der Waals surface area (Å²) in [7, 11) is 1.46. The van der Waals surface area contributed by atoms with Crippen LogP contribution in [0.1, 0.15) is 30.1 Å². The summed E-state index contributed by atoms with van der Waals surface area (Å²) in [6.45, 7) is 0. The minimum Gasteiger partial charge on any atom is -0.368 e. The molecule has 5 nitrogen and oxygen atoms in total. The predicted molar refractivity (Wildman–Crippen MR) is 96.7 cm³/mol. The summed E-state index contributed by atoms with van der Waals surface area (Å²) < 4.78 is 5.29. The number of primary amides is 1. The van der Waals surface area contributed by atoms with Gasteiger partial charge < -0.3 is 15.8 Å². The lowest BCUT2D eigenvalue weighted by atomic mass is 10.0. The molecule has 0 bridgehead atoms. The summed E-state index contributed by atoms with van der Waals surface area (Å²) in [4.78, 5) is 24.2. The van der Waals surface area contributed by atoms with Crippen molar-refractivity contribution in [2.75, 3.05) is 7.11 Å². The van der Waals surface area contributed by atoms with Gasteiger partial charge in [-0.2, -0.15) is 0 Å². The van der Waals surface area contributed by atoms with E-state index < -0.39 is 18.1 Å². The van der Waals surface area contributed by atoms with E-state index in [0.29, 0.717) is 6.42 Å². The molecule has 0 aromatic heterocycles. The molecule has 0 spiro atoms. The molecule has 0 radical (unpaired) electrons. The van der Waals surface area contributed by atoms with Gasteiger partial charge in [0, 0.05) is 7.11 Å². The first-order chi connectivity index (χ1) is 12.1. The van der Waals surface area contributed by atoms with Crippen molar-refractivity contribution in [2.45, 2.75) is 31.4 Å². The fourth-order valence-corrected chi connectivity index (χ4v) is 2.71. The minimum absolute atomic E-state index is 0.364. The molecule has 2 amide bonds. The van der Waals surface area contributed by atoms with Gasteiger partial charge in [0.05, 0.1) is 0 Å². The molecule has 25 heavy (non-hydrogen) atoms. The highest BCUT2D eigenvalue weighted by Crippen LogP contribution is 2.17. The number of carbonyl (C=O) groups is 2. The number of benzene rings is 2. The van der Waals surface area contributed by atoms with Crippen LogP contribution in [0.5, 0.6) is 0 Å². The van der Waals surface area contributed by atoms with Gasteiger partial charge in [-0.15, -0.1) is 0 Å². The number of hydrogen-bond donors (Lipinski definition) is 2. The van der Waals surface area contributed by atoms with Crippen molar-refractivity contribution < 1.29 is 14.3 Å². The second-order valence-electron chi connectivity index (χ2n) is 5.87. The number of hydrogen-bond acceptors (Lipinski definition) is 3. The third kappa shape index (κ3) is 5.72. The lowest BCUT2D eigenvalue weighted by Crippen LogP contribution is -2.46. The van der Waals surface area contributed by atoms with Crippen molar-refractivity contribution in [3.05, 3.63) is 71.8 Å². The molecule has 0 saturated heterocycles. The smallest absolute Gasteiger partial charge is 0.254 e. The molecule has 0 unspecified atom stereocenters. The number of amides is 2. The average Bonchev–Trinajstić information content (AvgIpc) is 2.63. The number of rotatable bonds is 9. The molecular formula is C20H24N2O3. The van der Waals surface area contributed by atoms with E-state index >= 15 is 0 Å². The van der Waals surface area contributed by atoms with Crippen LogP contribution in [0, 0.1) is 0 Å². The van der Waals surface area contributed by atoms with Gasteiger partial charge in [0.25, 0.3) is 5.91 Å². The number of nitrogens with one attached hydrogen (secondary N) is 1. The van der Waals surface area contributed by atoms with E-state index in [9.17, 15) is 9.59 Å².